The van der Waals surface area contributed by atoms with Crippen LogP contribution in [0.3, 0.4) is 0 Å². The van der Waals surface area contributed by atoms with Crippen molar-refractivity contribution in [2.24, 2.45) is 0 Å². The molecule has 0 aliphatic carbocycles. The van der Waals surface area contributed by atoms with E-state index in [1.807, 2.05) is 0 Å². The number of ether oxygens (including phenoxy) is 3. The van der Waals surface area contributed by atoms with E-state index in [4.69, 9.17) is 4.74 Å². The zero-order chi connectivity index (χ0) is 12.0. The number of rotatable bonds is 4. The lowest BCUT2D eigenvalue weighted by molar-refractivity contribution is -0.183. The van der Waals surface area contributed by atoms with Crippen LogP contribution in [0.4, 0.5) is 0 Å². The molecular formula is C11H12O5. The lowest BCUT2D eigenvalue weighted by atomic mass is 10.3. The number of hydrogen-bond acceptors (Lipinski definition) is 5. The van der Waals surface area contributed by atoms with Crippen molar-refractivity contribution in [1.29, 1.82) is 0 Å². The molecule has 0 bridgehead atoms. The van der Waals surface area contributed by atoms with Crippen LogP contribution in [0, 0.1) is 0 Å². The maximum absolute atomic E-state index is 11.2. The molecule has 0 N–H and O–H groups in total. The fourth-order valence-corrected chi connectivity index (χ4v) is 0.990. The minimum Gasteiger partial charge on any atom is -0.463 e. The highest BCUT2D eigenvalue weighted by Gasteiger charge is 2.24. The molecule has 5 heteroatoms. The highest BCUT2D eigenvalue weighted by Crippen LogP contribution is 2.12. The molecule has 0 radical (unpaired) electrons. The minimum absolute atomic E-state index is 0.416. The first-order valence-corrected chi connectivity index (χ1v) is 4.60. The second-order valence-electron chi connectivity index (χ2n) is 2.90. The zero-order valence-electron chi connectivity index (χ0n) is 9.01. The molecule has 0 aliphatic heterocycles. The number of methoxy groups -OCH3 is 1. The van der Waals surface area contributed by atoms with Gasteiger partial charge in [-0.2, -0.15) is 0 Å². The molecule has 16 heavy (non-hydrogen) atoms. The summed E-state index contributed by atoms with van der Waals surface area (Å²) in [6.07, 6.45) is -1.37. The average Bonchev–Trinajstić information content (AvgIpc) is 2.28. The van der Waals surface area contributed by atoms with Crippen LogP contribution in [-0.2, 0) is 19.1 Å². The Morgan fingerprint density at radius 1 is 1.19 bits per heavy atom. The van der Waals surface area contributed by atoms with E-state index in [1.54, 1.807) is 30.3 Å². The molecule has 1 aromatic carbocycles. The molecule has 1 aromatic rings. The normalized spacial score (nSPS) is 11.4. The van der Waals surface area contributed by atoms with Crippen LogP contribution in [0.15, 0.2) is 30.3 Å². The number of carbonyl (C=O) groups is 2. The summed E-state index contributed by atoms with van der Waals surface area (Å²) in [5.41, 5.74) is 0. The summed E-state index contributed by atoms with van der Waals surface area (Å²) >= 11 is 0. The molecule has 86 valence electrons. The summed E-state index contributed by atoms with van der Waals surface area (Å²) < 4.78 is 14.3. The molecule has 0 amide bonds. The van der Waals surface area contributed by atoms with Gasteiger partial charge < -0.3 is 14.2 Å². The average molecular weight is 224 g/mol. The van der Waals surface area contributed by atoms with E-state index in [2.05, 4.69) is 9.47 Å². The lowest BCUT2D eigenvalue weighted by Gasteiger charge is -2.15. The third kappa shape index (κ3) is 3.61. The second kappa shape index (κ2) is 5.75. The monoisotopic (exact) mass is 224 g/mol. The third-order valence-electron chi connectivity index (χ3n) is 1.65. The maximum atomic E-state index is 11.2. The van der Waals surface area contributed by atoms with E-state index in [9.17, 15) is 9.59 Å². The van der Waals surface area contributed by atoms with Crippen molar-refractivity contribution >= 4 is 11.9 Å². The van der Waals surface area contributed by atoms with Crippen molar-refractivity contribution < 1.29 is 23.8 Å². The molecule has 0 aromatic heterocycles. The Balaban J connectivity index is 2.70. The Bertz CT molecular complexity index is 360. The first-order valence-electron chi connectivity index (χ1n) is 4.60. The molecule has 1 unspecified atom stereocenters. The number of carbonyl (C=O) groups excluding carboxylic acids is 2. The molecule has 0 saturated heterocycles. The number of para-hydroxylation sites is 1. The van der Waals surface area contributed by atoms with Crippen molar-refractivity contribution in [3.8, 4) is 5.75 Å². The van der Waals surface area contributed by atoms with Crippen molar-refractivity contribution in [2.45, 2.75) is 13.2 Å². The van der Waals surface area contributed by atoms with Crippen LogP contribution in [0.25, 0.3) is 0 Å². The molecule has 0 fully saturated rings. The summed E-state index contributed by atoms with van der Waals surface area (Å²) in [4.78, 5) is 22.0. The first-order chi connectivity index (χ1) is 7.63. The highest BCUT2D eigenvalue weighted by atomic mass is 16.7. The summed E-state index contributed by atoms with van der Waals surface area (Å²) in [6, 6.07) is 8.54. The number of hydrogen-bond donors (Lipinski definition) is 0. The molecule has 1 rings (SSSR count). The molecule has 1 atom stereocenters. The lowest BCUT2D eigenvalue weighted by Crippen LogP contribution is -2.33. The Morgan fingerprint density at radius 3 is 2.31 bits per heavy atom. The smallest absolute Gasteiger partial charge is 0.389 e. The van der Waals surface area contributed by atoms with Crippen LogP contribution >= 0.6 is 0 Å². The fourth-order valence-electron chi connectivity index (χ4n) is 0.990. The van der Waals surface area contributed by atoms with E-state index in [1.165, 1.54) is 14.0 Å². The number of benzene rings is 1. The van der Waals surface area contributed by atoms with Crippen LogP contribution in [0.1, 0.15) is 6.92 Å². The van der Waals surface area contributed by atoms with Crippen molar-refractivity contribution in [3.63, 3.8) is 0 Å². The van der Waals surface area contributed by atoms with Gasteiger partial charge in [0, 0.05) is 6.92 Å². The molecule has 5 nitrogen and oxygen atoms in total. The molecule has 0 aliphatic rings. The van der Waals surface area contributed by atoms with E-state index in [0.29, 0.717) is 5.75 Å². The van der Waals surface area contributed by atoms with Gasteiger partial charge in [0.1, 0.15) is 5.75 Å². The van der Waals surface area contributed by atoms with Gasteiger partial charge in [-0.25, -0.2) is 4.79 Å². The van der Waals surface area contributed by atoms with Crippen LogP contribution < -0.4 is 4.74 Å². The Morgan fingerprint density at radius 2 is 1.81 bits per heavy atom. The quantitative estimate of drug-likeness (QED) is 0.566. The van der Waals surface area contributed by atoms with Gasteiger partial charge in [-0.1, -0.05) is 18.2 Å². The zero-order valence-corrected chi connectivity index (χ0v) is 9.01. The topological polar surface area (TPSA) is 61.8 Å². The van der Waals surface area contributed by atoms with Gasteiger partial charge in [0.2, 0.25) is 0 Å². The molecule has 0 saturated carbocycles. The minimum atomic E-state index is -1.37. The van der Waals surface area contributed by atoms with E-state index < -0.39 is 18.2 Å². The molecular weight excluding hydrogens is 212 g/mol. The highest BCUT2D eigenvalue weighted by molar-refractivity contribution is 5.77. The Labute approximate surface area is 92.9 Å². The number of esters is 2. The van der Waals surface area contributed by atoms with Gasteiger partial charge in [-0.15, -0.1) is 0 Å². The van der Waals surface area contributed by atoms with E-state index >= 15 is 0 Å². The third-order valence-corrected chi connectivity index (χ3v) is 1.65. The van der Waals surface area contributed by atoms with Gasteiger partial charge in [0.05, 0.1) is 7.11 Å². The van der Waals surface area contributed by atoms with Crippen LogP contribution in [0.2, 0.25) is 0 Å². The predicted octanol–water partition coefficient (Wildman–Crippen LogP) is 1.13. The second-order valence-corrected chi connectivity index (χ2v) is 2.90. The standard InChI is InChI=1S/C11H12O5/c1-8(12)15-11(10(13)14-2)16-9-6-4-3-5-7-9/h3-7,11H,1-2H3. The maximum Gasteiger partial charge on any atom is 0.389 e. The summed E-state index contributed by atoms with van der Waals surface area (Å²) in [7, 11) is 1.19. The summed E-state index contributed by atoms with van der Waals surface area (Å²) in [6.45, 7) is 1.18. The van der Waals surface area contributed by atoms with Crippen LogP contribution in [0.5, 0.6) is 5.75 Å². The Hall–Kier alpha value is -2.04. The van der Waals surface area contributed by atoms with E-state index in [0.717, 1.165) is 0 Å². The van der Waals surface area contributed by atoms with E-state index in [-0.39, 0.29) is 0 Å². The van der Waals surface area contributed by atoms with Gasteiger partial charge in [0.15, 0.2) is 0 Å². The van der Waals surface area contributed by atoms with Gasteiger partial charge in [-0.05, 0) is 12.1 Å². The predicted molar refractivity (Wildman–Crippen MR) is 54.6 cm³/mol. The Kier molecular flexibility index (Phi) is 4.32. The molecule has 0 spiro atoms. The van der Waals surface area contributed by atoms with Crippen molar-refractivity contribution in [2.75, 3.05) is 7.11 Å². The van der Waals surface area contributed by atoms with Crippen LogP contribution in [-0.4, -0.2) is 25.3 Å². The first kappa shape index (κ1) is 12.0. The SMILES string of the molecule is COC(=O)C(OC(C)=O)Oc1ccccc1. The van der Waals surface area contributed by atoms with Gasteiger partial charge in [0.25, 0.3) is 0 Å². The fraction of sp³-hybridized carbons (Fsp3) is 0.273. The van der Waals surface area contributed by atoms with Crippen molar-refractivity contribution in [1.82, 2.24) is 0 Å². The van der Waals surface area contributed by atoms with Crippen molar-refractivity contribution in [3.05, 3.63) is 30.3 Å². The summed E-state index contributed by atoms with van der Waals surface area (Å²) in [5.74, 6) is -0.968. The van der Waals surface area contributed by atoms with Gasteiger partial charge in [-0.3, -0.25) is 4.79 Å². The van der Waals surface area contributed by atoms with Gasteiger partial charge >= 0.3 is 18.2 Å². The largest absolute Gasteiger partial charge is 0.463 e. The molecule has 0 heterocycles. The summed E-state index contributed by atoms with van der Waals surface area (Å²) in [5, 5.41) is 0.